The number of nitrogens with one attached hydrogen (secondary N) is 1. The van der Waals surface area contributed by atoms with Crippen molar-refractivity contribution in [2.75, 3.05) is 31.3 Å². The summed E-state index contributed by atoms with van der Waals surface area (Å²) in [6, 6.07) is 20.8. The highest BCUT2D eigenvalue weighted by atomic mass is 32.2. The summed E-state index contributed by atoms with van der Waals surface area (Å²) in [5, 5.41) is 3.02. The summed E-state index contributed by atoms with van der Waals surface area (Å²) in [5.41, 5.74) is 2.42. The average molecular weight is 596 g/mol. The van der Waals surface area contributed by atoms with E-state index in [1.807, 2.05) is 82.3 Å². The fourth-order valence-corrected chi connectivity index (χ4v) is 5.33. The van der Waals surface area contributed by atoms with E-state index in [2.05, 4.69) is 5.32 Å². The number of rotatable bonds is 12. The van der Waals surface area contributed by atoms with Crippen LogP contribution in [-0.4, -0.2) is 63.7 Å². The van der Waals surface area contributed by atoms with E-state index in [0.29, 0.717) is 11.5 Å². The first-order valence-corrected chi connectivity index (χ1v) is 15.5. The average Bonchev–Trinajstić information content (AvgIpc) is 2.93. The Morgan fingerprint density at radius 2 is 1.50 bits per heavy atom. The van der Waals surface area contributed by atoms with Crippen molar-refractivity contribution in [3.05, 3.63) is 89.5 Å². The van der Waals surface area contributed by atoms with Crippen LogP contribution >= 0.6 is 0 Å². The highest BCUT2D eigenvalue weighted by Crippen LogP contribution is 2.32. The zero-order valence-corrected chi connectivity index (χ0v) is 26.2. The standard InChI is InChI=1S/C32H41N3O6S/c1-23-13-15-25(16-14-23)21-34(27(31(37)33-32(2,3)4)19-24-11-9-8-10-12-24)30(36)22-35(42(7,38)39)26-17-18-28(40-5)29(20-26)41-6/h8-18,20,27H,19,21-22H2,1-7H3,(H,33,37)/t27-/m0/s1. The van der Waals surface area contributed by atoms with E-state index in [1.54, 1.807) is 12.1 Å². The molecule has 3 aromatic rings. The van der Waals surface area contributed by atoms with Crippen LogP contribution in [0.3, 0.4) is 0 Å². The second-order valence-corrected chi connectivity index (χ2v) is 13.2. The molecule has 0 saturated heterocycles. The Morgan fingerprint density at radius 1 is 0.881 bits per heavy atom. The minimum atomic E-state index is -3.91. The molecule has 0 unspecified atom stereocenters. The molecule has 0 aliphatic rings. The van der Waals surface area contributed by atoms with Crippen molar-refractivity contribution in [3.63, 3.8) is 0 Å². The molecule has 0 aliphatic carbocycles. The lowest BCUT2D eigenvalue weighted by atomic mass is 10.0. The molecule has 0 spiro atoms. The van der Waals surface area contributed by atoms with Crippen LogP contribution in [-0.2, 0) is 32.6 Å². The maximum atomic E-state index is 14.2. The Morgan fingerprint density at radius 3 is 2.05 bits per heavy atom. The maximum Gasteiger partial charge on any atom is 0.244 e. The molecule has 3 aromatic carbocycles. The summed E-state index contributed by atoms with van der Waals surface area (Å²) in [4.78, 5) is 29.5. The van der Waals surface area contributed by atoms with Gasteiger partial charge in [-0.1, -0.05) is 60.2 Å². The molecule has 1 N–H and O–H groups in total. The molecule has 0 fully saturated rings. The van der Waals surface area contributed by atoms with Gasteiger partial charge in [-0.15, -0.1) is 0 Å². The first kappa shape index (κ1) is 32.5. The minimum Gasteiger partial charge on any atom is -0.493 e. The van der Waals surface area contributed by atoms with Gasteiger partial charge in [-0.3, -0.25) is 13.9 Å². The zero-order chi connectivity index (χ0) is 31.1. The third-order valence-electron chi connectivity index (χ3n) is 6.58. The predicted molar refractivity (Wildman–Crippen MR) is 165 cm³/mol. The molecule has 0 saturated carbocycles. The molecule has 0 aromatic heterocycles. The molecule has 0 aliphatic heterocycles. The Balaban J connectivity index is 2.09. The normalized spacial score (nSPS) is 12.3. The zero-order valence-electron chi connectivity index (χ0n) is 25.4. The second kappa shape index (κ2) is 13.7. The van der Waals surface area contributed by atoms with Crippen LogP contribution in [0.2, 0.25) is 0 Å². The van der Waals surface area contributed by atoms with E-state index in [0.717, 1.165) is 27.3 Å². The number of carbonyl (C=O) groups is 2. The number of benzene rings is 3. The van der Waals surface area contributed by atoms with Crippen molar-refractivity contribution in [2.24, 2.45) is 0 Å². The van der Waals surface area contributed by atoms with Crippen LogP contribution in [0, 0.1) is 6.92 Å². The van der Waals surface area contributed by atoms with E-state index in [1.165, 1.54) is 25.2 Å². The Kier molecular flexibility index (Phi) is 10.6. The van der Waals surface area contributed by atoms with Crippen molar-refractivity contribution in [1.29, 1.82) is 0 Å². The molecular formula is C32H41N3O6S. The third-order valence-corrected chi connectivity index (χ3v) is 7.72. The lowest BCUT2D eigenvalue weighted by Gasteiger charge is -2.35. The maximum absolute atomic E-state index is 14.2. The van der Waals surface area contributed by atoms with Gasteiger partial charge in [-0.05, 0) is 51.0 Å². The summed E-state index contributed by atoms with van der Waals surface area (Å²) in [7, 11) is -0.987. The molecule has 42 heavy (non-hydrogen) atoms. The molecule has 10 heteroatoms. The molecule has 9 nitrogen and oxygen atoms in total. The van der Waals surface area contributed by atoms with E-state index in [-0.39, 0.29) is 24.6 Å². The van der Waals surface area contributed by atoms with Gasteiger partial charge in [0.1, 0.15) is 12.6 Å². The lowest BCUT2D eigenvalue weighted by Crippen LogP contribution is -2.56. The molecule has 226 valence electrons. The van der Waals surface area contributed by atoms with Gasteiger partial charge >= 0.3 is 0 Å². The summed E-state index contributed by atoms with van der Waals surface area (Å²) < 4.78 is 37.7. The highest BCUT2D eigenvalue weighted by molar-refractivity contribution is 7.92. The highest BCUT2D eigenvalue weighted by Gasteiger charge is 2.34. The Bertz CT molecular complexity index is 1470. The molecule has 3 rings (SSSR count). The molecule has 0 bridgehead atoms. The summed E-state index contributed by atoms with van der Waals surface area (Å²) in [6.45, 7) is 7.18. The fraction of sp³-hybridized carbons (Fsp3) is 0.375. The molecular weight excluding hydrogens is 554 g/mol. The largest absolute Gasteiger partial charge is 0.493 e. The van der Waals surface area contributed by atoms with Crippen molar-refractivity contribution in [3.8, 4) is 11.5 Å². The smallest absolute Gasteiger partial charge is 0.244 e. The van der Waals surface area contributed by atoms with Crippen molar-refractivity contribution in [1.82, 2.24) is 10.2 Å². The van der Waals surface area contributed by atoms with Crippen LogP contribution in [0.25, 0.3) is 0 Å². The summed E-state index contributed by atoms with van der Waals surface area (Å²) in [6.07, 6.45) is 1.28. The number of anilines is 1. The number of hydrogen-bond acceptors (Lipinski definition) is 6. The Hall–Kier alpha value is -4.05. The molecule has 2 amide bonds. The predicted octanol–water partition coefficient (Wildman–Crippen LogP) is 4.33. The van der Waals surface area contributed by atoms with Crippen molar-refractivity contribution in [2.45, 2.75) is 52.2 Å². The quantitative estimate of drug-likeness (QED) is 0.334. The molecule has 0 radical (unpaired) electrons. The van der Waals surface area contributed by atoms with Crippen LogP contribution < -0.4 is 19.1 Å². The molecule has 0 heterocycles. The minimum absolute atomic E-state index is 0.109. The lowest BCUT2D eigenvalue weighted by molar-refractivity contribution is -0.140. The second-order valence-electron chi connectivity index (χ2n) is 11.3. The fourth-order valence-electron chi connectivity index (χ4n) is 4.49. The van der Waals surface area contributed by atoms with Gasteiger partial charge in [0, 0.05) is 24.6 Å². The number of carbonyl (C=O) groups excluding carboxylic acids is 2. The van der Waals surface area contributed by atoms with E-state index >= 15 is 0 Å². The first-order chi connectivity index (χ1) is 19.7. The van der Waals surface area contributed by atoms with Crippen LogP contribution in [0.4, 0.5) is 5.69 Å². The van der Waals surface area contributed by atoms with Crippen molar-refractivity contribution >= 4 is 27.5 Å². The number of nitrogens with zero attached hydrogens (tertiary/aromatic N) is 2. The van der Waals surface area contributed by atoms with Crippen LogP contribution in [0.1, 0.15) is 37.5 Å². The van der Waals surface area contributed by atoms with E-state index in [9.17, 15) is 18.0 Å². The van der Waals surface area contributed by atoms with Gasteiger partial charge in [0.2, 0.25) is 21.8 Å². The number of ether oxygens (including phenoxy) is 2. The summed E-state index contributed by atoms with van der Waals surface area (Å²) >= 11 is 0. The number of amides is 2. The SMILES string of the molecule is COc1ccc(N(CC(=O)N(Cc2ccc(C)cc2)[C@@H](Cc2ccccc2)C(=O)NC(C)(C)C)S(C)(=O)=O)cc1OC. The van der Waals surface area contributed by atoms with Crippen LogP contribution in [0.5, 0.6) is 11.5 Å². The monoisotopic (exact) mass is 595 g/mol. The van der Waals surface area contributed by atoms with Gasteiger partial charge < -0.3 is 19.7 Å². The first-order valence-electron chi connectivity index (χ1n) is 13.6. The van der Waals surface area contributed by atoms with Crippen LogP contribution in [0.15, 0.2) is 72.8 Å². The van der Waals surface area contributed by atoms with E-state index in [4.69, 9.17) is 9.47 Å². The van der Waals surface area contributed by atoms with Gasteiger partial charge in [-0.25, -0.2) is 8.42 Å². The third kappa shape index (κ3) is 8.97. The number of methoxy groups -OCH3 is 2. The van der Waals surface area contributed by atoms with Gasteiger partial charge in [0.15, 0.2) is 11.5 Å². The Labute approximate surface area is 249 Å². The van der Waals surface area contributed by atoms with E-state index < -0.39 is 34.1 Å². The topological polar surface area (TPSA) is 105 Å². The van der Waals surface area contributed by atoms with Gasteiger partial charge in [-0.2, -0.15) is 0 Å². The van der Waals surface area contributed by atoms with Gasteiger partial charge in [0.05, 0.1) is 26.2 Å². The molecule has 1 atom stereocenters. The number of aryl methyl sites for hydroxylation is 1. The summed E-state index contributed by atoms with van der Waals surface area (Å²) in [5.74, 6) is -0.118. The van der Waals surface area contributed by atoms with Crippen molar-refractivity contribution < 1.29 is 27.5 Å². The number of sulfonamides is 1. The van der Waals surface area contributed by atoms with Gasteiger partial charge in [0.25, 0.3) is 0 Å². The number of hydrogen-bond donors (Lipinski definition) is 1.